The molecule has 1 heterocycles. The molecule has 0 spiro atoms. The number of hydrogen-bond acceptors (Lipinski definition) is 2. The van der Waals surface area contributed by atoms with Gasteiger partial charge in [-0.3, -0.25) is 4.79 Å². The highest BCUT2D eigenvalue weighted by Crippen LogP contribution is 2.39. The first-order valence-electron chi connectivity index (χ1n) is 8.56. The molecule has 0 aliphatic heterocycles. The van der Waals surface area contributed by atoms with E-state index in [9.17, 15) is 4.79 Å². The molecule has 1 aliphatic carbocycles. The molecule has 0 radical (unpaired) electrons. The summed E-state index contributed by atoms with van der Waals surface area (Å²) in [6.07, 6.45) is 12.1. The molecule has 118 valence electrons. The molecule has 0 unspecified atom stereocenters. The third kappa shape index (κ3) is 4.69. The third-order valence-electron chi connectivity index (χ3n) is 5.08. The van der Waals surface area contributed by atoms with E-state index < -0.39 is 0 Å². The topological polar surface area (TPSA) is 34.9 Å². The predicted molar refractivity (Wildman–Crippen MR) is 85.9 cm³/mol. The molecule has 0 N–H and O–H groups in total. The first-order chi connectivity index (χ1) is 10.1. The zero-order valence-electron chi connectivity index (χ0n) is 13.8. The van der Waals surface area contributed by atoms with Gasteiger partial charge in [-0.1, -0.05) is 27.2 Å². The van der Waals surface area contributed by atoms with Crippen molar-refractivity contribution in [1.29, 1.82) is 0 Å². The van der Waals surface area contributed by atoms with Crippen LogP contribution in [0.3, 0.4) is 0 Å². The molecule has 3 nitrogen and oxygen atoms in total. The van der Waals surface area contributed by atoms with Gasteiger partial charge in [0.25, 0.3) is 0 Å². The summed E-state index contributed by atoms with van der Waals surface area (Å²) >= 11 is 0. The van der Waals surface area contributed by atoms with Crippen molar-refractivity contribution in [2.24, 2.45) is 23.7 Å². The van der Waals surface area contributed by atoms with Crippen molar-refractivity contribution >= 4 is 5.78 Å². The van der Waals surface area contributed by atoms with Crippen molar-refractivity contribution < 1.29 is 4.79 Å². The quantitative estimate of drug-likeness (QED) is 0.700. The zero-order valence-corrected chi connectivity index (χ0v) is 13.8. The maximum atomic E-state index is 12.6. The van der Waals surface area contributed by atoms with E-state index >= 15 is 0 Å². The highest BCUT2D eigenvalue weighted by atomic mass is 16.1. The van der Waals surface area contributed by atoms with Crippen molar-refractivity contribution in [1.82, 2.24) is 9.55 Å². The smallest absolute Gasteiger partial charge is 0.136 e. The molecule has 21 heavy (non-hydrogen) atoms. The lowest BCUT2D eigenvalue weighted by molar-refractivity contribution is -0.127. The van der Waals surface area contributed by atoms with E-state index in [1.165, 1.54) is 12.8 Å². The van der Waals surface area contributed by atoms with E-state index in [1.54, 1.807) is 0 Å². The average molecular weight is 290 g/mol. The summed E-state index contributed by atoms with van der Waals surface area (Å²) < 4.78 is 2.09. The monoisotopic (exact) mass is 290 g/mol. The van der Waals surface area contributed by atoms with Crippen LogP contribution in [-0.4, -0.2) is 15.3 Å². The number of hydrogen-bond donors (Lipinski definition) is 0. The summed E-state index contributed by atoms with van der Waals surface area (Å²) in [5.41, 5.74) is 0. The fourth-order valence-corrected chi connectivity index (χ4v) is 3.77. The molecule has 0 saturated heterocycles. The lowest BCUT2D eigenvalue weighted by Gasteiger charge is -2.36. The van der Waals surface area contributed by atoms with Gasteiger partial charge in [0.1, 0.15) is 5.78 Å². The first-order valence-corrected chi connectivity index (χ1v) is 8.56. The summed E-state index contributed by atoms with van der Waals surface area (Å²) in [6.45, 7) is 7.83. The Morgan fingerprint density at radius 3 is 2.81 bits per heavy atom. The largest absolute Gasteiger partial charge is 0.337 e. The summed E-state index contributed by atoms with van der Waals surface area (Å²) in [5.74, 6) is 2.81. The van der Waals surface area contributed by atoms with Crippen molar-refractivity contribution in [2.45, 2.75) is 65.8 Å². The van der Waals surface area contributed by atoms with Crippen LogP contribution in [-0.2, 0) is 11.3 Å². The van der Waals surface area contributed by atoms with E-state index in [0.29, 0.717) is 23.5 Å². The van der Waals surface area contributed by atoms with E-state index in [1.807, 2.05) is 18.7 Å². The molecule has 2 rings (SSSR count). The van der Waals surface area contributed by atoms with Crippen molar-refractivity contribution in [3.8, 4) is 0 Å². The number of Topliss-reactive ketones (excluding diaryl/α,β-unsaturated/α-hetero) is 1. The summed E-state index contributed by atoms with van der Waals surface area (Å²) in [5, 5.41) is 0. The Bertz CT molecular complexity index is 424. The van der Waals surface area contributed by atoms with Crippen LogP contribution < -0.4 is 0 Å². The Balaban J connectivity index is 1.77. The highest BCUT2D eigenvalue weighted by molar-refractivity contribution is 5.81. The Morgan fingerprint density at radius 2 is 2.14 bits per heavy atom. The number of carbonyl (C=O) groups is 1. The molecule has 1 aromatic rings. The number of unbranched alkanes of at least 4 members (excludes halogenated alkanes) is 1. The number of imidazole rings is 1. The summed E-state index contributed by atoms with van der Waals surface area (Å²) in [4.78, 5) is 16.6. The Hall–Kier alpha value is -1.12. The van der Waals surface area contributed by atoms with Crippen LogP contribution in [0.1, 0.15) is 59.3 Å². The predicted octanol–water partition coefficient (Wildman–Crippen LogP) is 4.33. The molecule has 1 fully saturated rings. The van der Waals surface area contributed by atoms with Gasteiger partial charge in [-0.05, 0) is 43.4 Å². The molecule has 3 atom stereocenters. The molecule has 1 saturated carbocycles. The average Bonchev–Trinajstić information content (AvgIpc) is 2.96. The molecule has 0 aromatic carbocycles. The van der Waals surface area contributed by atoms with Crippen LogP contribution >= 0.6 is 0 Å². The zero-order chi connectivity index (χ0) is 15.2. The lowest BCUT2D eigenvalue weighted by Crippen LogP contribution is -2.33. The second kappa shape index (κ2) is 7.77. The van der Waals surface area contributed by atoms with Gasteiger partial charge in [-0.15, -0.1) is 0 Å². The van der Waals surface area contributed by atoms with E-state index in [2.05, 4.69) is 30.3 Å². The highest BCUT2D eigenvalue weighted by Gasteiger charge is 2.34. The number of ketones is 1. The number of nitrogens with zero attached hydrogens (tertiary/aromatic N) is 2. The number of aryl methyl sites for hydroxylation is 1. The molecule has 0 bridgehead atoms. The molecular weight excluding hydrogens is 260 g/mol. The van der Waals surface area contributed by atoms with E-state index in [0.717, 1.165) is 38.1 Å². The van der Waals surface area contributed by atoms with Gasteiger partial charge < -0.3 is 4.57 Å². The van der Waals surface area contributed by atoms with Crippen LogP contribution in [0.2, 0.25) is 0 Å². The minimum Gasteiger partial charge on any atom is -0.337 e. The number of carbonyl (C=O) groups excluding carboxylic acids is 1. The minimum atomic E-state index is 0.321. The molecule has 1 aliphatic rings. The van der Waals surface area contributed by atoms with Gasteiger partial charge >= 0.3 is 0 Å². The Labute approximate surface area is 129 Å². The van der Waals surface area contributed by atoms with Crippen molar-refractivity contribution in [3.05, 3.63) is 18.7 Å². The molecule has 0 amide bonds. The number of rotatable bonds is 7. The second-order valence-corrected chi connectivity index (χ2v) is 7.16. The van der Waals surface area contributed by atoms with E-state index in [4.69, 9.17) is 0 Å². The summed E-state index contributed by atoms with van der Waals surface area (Å²) in [7, 11) is 0. The van der Waals surface area contributed by atoms with Crippen molar-refractivity contribution in [2.75, 3.05) is 0 Å². The molecule has 3 heteroatoms. The molecular formula is C18H30N2O. The van der Waals surface area contributed by atoms with Crippen LogP contribution in [0.5, 0.6) is 0 Å². The lowest BCUT2D eigenvalue weighted by atomic mass is 9.68. The fraction of sp³-hybridized carbons (Fsp3) is 0.778. The van der Waals surface area contributed by atoms with Crippen LogP contribution in [0.25, 0.3) is 0 Å². The maximum Gasteiger partial charge on any atom is 0.136 e. The summed E-state index contributed by atoms with van der Waals surface area (Å²) in [6, 6.07) is 0. The van der Waals surface area contributed by atoms with Crippen LogP contribution in [0.15, 0.2) is 18.7 Å². The van der Waals surface area contributed by atoms with Gasteiger partial charge in [-0.25, -0.2) is 4.98 Å². The standard InChI is InChI=1S/C18H30N2O/c1-14(2)16-8-7-15(3)12-17(16)18(21)6-4-5-10-20-11-9-19-13-20/h9,11,13-17H,4-8,10,12H2,1-3H3/t15-,16+,17-/m1/s1. The fourth-order valence-electron chi connectivity index (χ4n) is 3.77. The SMILES string of the molecule is CC(C)[C@@H]1CC[C@@H](C)C[C@H]1C(=O)CCCCn1ccnc1. The normalized spacial score (nSPS) is 26.2. The van der Waals surface area contributed by atoms with Gasteiger partial charge in [-0.2, -0.15) is 0 Å². The number of aromatic nitrogens is 2. The van der Waals surface area contributed by atoms with Crippen LogP contribution in [0, 0.1) is 23.7 Å². The van der Waals surface area contributed by atoms with Crippen molar-refractivity contribution in [3.63, 3.8) is 0 Å². The molecule has 1 aromatic heterocycles. The minimum absolute atomic E-state index is 0.321. The maximum absolute atomic E-state index is 12.6. The third-order valence-corrected chi connectivity index (χ3v) is 5.08. The second-order valence-electron chi connectivity index (χ2n) is 7.16. The van der Waals surface area contributed by atoms with Crippen LogP contribution in [0.4, 0.5) is 0 Å². The Kier molecular flexibility index (Phi) is 6.01. The van der Waals surface area contributed by atoms with Gasteiger partial charge in [0.05, 0.1) is 6.33 Å². The van der Waals surface area contributed by atoms with Gasteiger partial charge in [0.15, 0.2) is 0 Å². The van der Waals surface area contributed by atoms with Gasteiger partial charge in [0.2, 0.25) is 0 Å². The first kappa shape index (κ1) is 16.3. The van der Waals surface area contributed by atoms with E-state index in [-0.39, 0.29) is 0 Å². The Morgan fingerprint density at radius 1 is 1.33 bits per heavy atom. The van der Waals surface area contributed by atoms with Gasteiger partial charge in [0, 0.05) is 31.3 Å².